The normalized spacial score (nSPS) is 10.8. The van der Waals surface area contributed by atoms with Gasteiger partial charge in [0.05, 0.1) is 11.4 Å². The fraction of sp³-hybridized carbons (Fsp3) is 0.176. The molecule has 0 atom stereocenters. The lowest BCUT2D eigenvalue weighted by atomic mass is 10.3. The molecule has 0 saturated carbocycles. The maximum absolute atomic E-state index is 12.1. The van der Waals surface area contributed by atoms with Gasteiger partial charge >= 0.3 is 0 Å². The lowest BCUT2D eigenvalue weighted by Gasteiger charge is -2.10. The molecule has 0 saturated heterocycles. The zero-order chi connectivity index (χ0) is 19.2. The van der Waals surface area contributed by atoms with Gasteiger partial charge in [-0.05, 0) is 42.5 Å². The predicted octanol–water partition coefficient (Wildman–Crippen LogP) is 3.07. The summed E-state index contributed by atoms with van der Waals surface area (Å²) in [5.41, 5.74) is 1.31. The van der Waals surface area contributed by atoms with Crippen LogP contribution in [0, 0.1) is 0 Å². The van der Waals surface area contributed by atoms with Crippen LogP contribution in [0.3, 0.4) is 0 Å². The number of hydrogen-bond donors (Lipinski definition) is 3. The number of benzene rings is 2. The lowest BCUT2D eigenvalue weighted by Crippen LogP contribution is -2.22. The van der Waals surface area contributed by atoms with Crippen LogP contribution in [0.15, 0.2) is 48.5 Å². The Bertz CT molecular complexity index is 898. The number of hydrogen-bond acceptors (Lipinski definition) is 4. The summed E-state index contributed by atoms with van der Waals surface area (Å²) >= 11 is 5.76. The Morgan fingerprint density at radius 2 is 1.62 bits per heavy atom. The summed E-state index contributed by atoms with van der Waals surface area (Å²) in [6.45, 7) is 1.36. The van der Waals surface area contributed by atoms with E-state index in [0.717, 1.165) is 0 Å². The number of anilines is 3. The number of carbonyl (C=O) groups is 2. The van der Waals surface area contributed by atoms with Crippen LogP contribution in [0.25, 0.3) is 0 Å². The van der Waals surface area contributed by atoms with Crippen LogP contribution in [0.2, 0.25) is 5.02 Å². The van der Waals surface area contributed by atoms with Crippen molar-refractivity contribution in [2.24, 2.45) is 0 Å². The Balaban J connectivity index is 1.91. The van der Waals surface area contributed by atoms with Crippen LogP contribution >= 0.6 is 11.6 Å². The summed E-state index contributed by atoms with van der Waals surface area (Å²) in [5.74, 6) is -1.06. The van der Waals surface area contributed by atoms with E-state index in [2.05, 4.69) is 15.4 Å². The van der Waals surface area contributed by atoms with Crippen LogP contribution < -0.4 is 15.4 Å². The van der Waals surface area contributed by atoms with Crippen LogP contribution in [0.5, 0.6) is 0 Å². The Morgan fingerprint density at radius 3 is 2.27 bits per heavy atom. The minimum absolute atomic E-state index is 0.205. The second-order valence-corrected chi connectivity index (χ2v) is 7.77. The molecule has 2 rings (SSSR count). The topological polar surface area (TPSA) is 104 Å². The van der Waals surface area contributed by atoms with Crippen molar-refractivity contribution in [1.29, 1.82) is 0 Å². The van der Waals surface area contributed by atoms with Gasteiger partial charge in [-0.1, -0.05) is 17.7 Å². The molecule has 0 fully saturated rings. The lowest BCUT2D eigenvalue weighted by molar-refractivity contribution is -0.116. The molecule has 0 spiro atoms. The van der Waals surface area contributed by atoms with Crippen molar-refractivity contribution in [2.45, 2.75) is 13.3 Å². The van der Waals surface area contributed by atoms with E-state index in [1.165, 1.54) is 13.0 Å². The summed E-state index contributed by atoms with van der Waals surface area (Å²) in [6.07, 6.45) is -0.205. The van der Waals surface area contributed by atoms with Crippen LogP contribution in [-0.2, 0) is 19.6 Å². The summed E-state index contributed by atoms with van der Waals surface area (Å²) in [7, 11) is -3.72. The third-order valence-electron chi connectivity index (χ3n) is 3.18. The van der Waals surface area contributed by atoms with E-state index in [0.29, 0.717) is 22.1 Å². The number of rotatable bonds is 7. The van der Waals surface area contributed by atoms with Gasteiger partial charge in [0.25, 0.3) is 0 Å². The van der Waals surface area contributed by atoms with E-state index in [9.17, 15) is 18.0 Å². The highest BCUT2D eigenvalue weighted by Crippen LogP contribution is 2.17. The SMILES string of the molecule is CC(=O)Nc1cccc(NS(=O)(=O)CCC(=O)Nc2ccc(Cl)cc2)c1. The maximum Gasteiger partial charge on any atom is 0.233 e. The predicted molar refractivity (Wildman–Crippen MR) is 103 cm³/mol. The van der Waals surface area contributed by atoms with E-state index in [1.54, 1.807) is 42.5 Å². The Kier molecular flexibility index (Phi) is 6.59. The molecule has 0 aliphatic rings. The monoisotopic (exact) mass is 395 g/mol. The third-order valence-corrected chi connectivity index (χ3v) is 4.72. The Labute approximate surface area is 156 Å². The Morgan fingerprint density at radius 1 is 0.962 bits per heavy atom. The Hall–Kier alpha value is -2.58. The number of amides is 2. The fourth-order valence-corrected chi connectivity index (χ4v) is 3.25. The highest BCUT2D eigenvalue weighted by molar-refractivity contribution is 7.92. The summed E-state index contributed by atoms with van der Waals surface area (Å²) in [6, 6.07) is 12.8. The molecule has 2 aromatic carbocycles. The van der Waals surface area contributed by atoms with Gasteiger partial charge in [0.1, 0.15) is 0 Å². The molecule has 0 bridgehead atoms. The van der Waals surface area contributed by atoms with Crippen molar-refractivity contribution >= 4 is 50.5 Å². The summed E-state index contributed by atoms with van der Waals surface area (Å²) in [5, 5.41) is 5.70. The molecule has 2 aromatic rings. The summed E-state index contributed by atoms with van der Waals surface area (Å²) < 4.78 is 26.7. The van der Waals surface area contributed by atoms with E-state index in [4.69, 9.17) is 11.6 Å². The first kappa shape index (κ1) is 19.7. The van der Waals surface area contributed by atoms with Crippen molar-refractivity contribution in [3.05, 3.63) is 53.6 Å². The van der Waals surface area contributed by atoms with Gasteiger partial charge in [0.15, 0.2) is 0 Å². The molecule has 0 aliphatic heterocycles. The van der Waals surface area contributed by atoms with Crippen molar-refractivity contribution in [2.75, 3.05) is 21.1 Å². The number of nitrogens with one attached hydrogen (secondary N) is 3. The van der Waals surface area contributed by atoms with Crippen molar-refractivity contribution in [1.82, 2.24) is 0 Å². The largest absolute Gasteiger partial charge is 0.326 e. The van der Waals surface area contributed by atoms with E-state index >= 15 is 0 Å². The van der Waals surface area contributed by atoms with E-state index in [-0.39, 0.29) is 18.1 Å². The first-order valence-corrected chi connectivity index (χ1v) is 9.70. The number of carbonyl (C=O) groups excluding carboxylic acids is 2. The molecule has 7 nitrogen and oxygen atoms in total. The van der Waals surface area contributed by atoms with Crippen molar-refractivity contribution in [3.8, 4) is 0 Å². The highest BCUT2D eigenvalue weighted by atomic mass is 35.5. The first-order valence-electron chi connectivity index (χ1n) is 7.67. The minimum Gasteiger partial charge on any atom is -0.326 e. The second-order valence-electron chi connectivity index (χ2n) is 5.49. The van der Waals surface area contributed by atoms with Gasteiger partial charge in [-0.25, -0.2) is 8.42 Å². The smallest absolute Gasteiger partial charge is 0.233 e. The minimum atomic E-state index is -3.72. The molecule has 0 radical (unpaired) electrons. The second kappa shape index (κ2) is 8.68. The standard InChI is InChI=1S/C17H18ClN3O4S/c1-12(22)19-15-3-2-4-16(11-15)21-26(24,25)10-9-17(23)20-14-7-5-13(18)6-8-14/h2-8,11,21H,9-10H2,1H3,(H,19,22)(H,20,23). The van der Waals surface area contributed by atoms with Crippen LogP contribution in [0.4, 0.5) is 17.1 Å². The molecule has 0 heterocycles. The molecule has 0 unspecified atom stereocenters. The molecule has 138 valence electrons. The van der Waals surface area contributed by atoms with Gasteiger partial charge in [-0.2, -0.15) is 0 Å². The molecule has 2 amide bonds. The zero-order valence-electron chi connectivity index (χ0n) is 14.0. The van der Waals surface area contributed by atoms with E-state index < -0.39 is 15.9 Å². The van der Waals surface area contributed by atoms with Crippen molar-refractivity contribution < 1.29 is 18.0 Å². The molecular weight excluding hydrogens is 378 g/mol. The first-order chi connectivity index (χ1) is 12.2. The highest BCUT2D eigenvalue weighted by Gasteiger charge is 2.14. The summed E-state index contributed by atoms with van der Waals surface area (Å²) in [4.78, 5) is 22.9. The average Bonchev–Trinajstić information content (AvgIpc) is 2.55. The van der Waals surface area contributed by atoms with Gasteiger partial charge in [0.2, 0.25) is 21.8 Å². The van der Waals surface area contributed by atoms with Gasteiger partial charge in [-0.15, -0.1) is 0 Å². The molecule has 0 aromatic heterocycles. The van der Waals surface area contributed by atoms with Crippen LogP contribution in [-0.4, -0.2) is 26.0 Å². The maximum atomic E-state index is 12.1. The molecule has 26 heavy (non-hydrogen) atoms. The quantitative estimate of drug-likeness (QED) is 0.670. The average molecular weight is 396 g/mol. The number of halogens is 1. The molecule has 3 N–H and O–H groups in total. The van der Waals surface area contributed by atoms with Gasteiger partial charge in [-0.3, -0.25) is 14.3 Å². The van der Waals surface area contributed by atoms with Gasteiger partial charge < -0.3 is 10.6 Å². The molecular formula is C17H18ClN3O4S. The number of sulfonamides is 1. The van der Waals surface area contributed by atoms with Crippen LogP contribution in [0.1, 0.15) is 13.3 Å². The zero-order valence-corrected chi connectivity index (χ0v) is 15.5. The van der Waals surface area contributed by atoms with Crippen molar-refractivity contribution in [3.63, 3.8) is 0 Å². The fourth-order valence-electron chi connectivity index (χ4n) is 2.08. The van der Waals surface area contributed by atoms with E-state index in [1.807, 2.05) is 0 Å². The third kappa shape index (κ3) is 6.73. The van der Waals surface area contributed by atoms with Gasteiger partial charge in [0, 0.05) is 29.7 Å². The molecule has 9 heteroatoms. The molecule has 0 aliphatic carbocycles.